The van der Waals surface area contributed by atoms with E-state index in [9.17, 15) is 14.4 Å². The van der Waals surface area contributed by atoms with Crippen molar-refractivity contribution in [3.05, 3.63) is 76.4 Å². The van der Waals surface area contributed by atoms with Crippen molar-refractivity contribution in [3.63, 3.8) is 0 Å². The Hall–Kier alpha value is -4.38. The van der Waals surface area contributed by atoms with E-state index in [4.69, 9.17) is 16.2 Å². The second-order valence-corrected chi connectivity index (χ2v) is 10.4. The first-order valence-corrected chi connectivity index (χ1v) is 13.5. The van der Waals surface area contributed by atoms with E-state index in [0.717, 1.165) is 53.7 Å². The molecular weight excluding hydrogens is 516 g/mol. The first kappa shape index (κ1) is 26.2. The number of carbonyl (C=O) groups is 3. The van der Waals surface area contributed by atoms with Crippen molar-refractivity contribution in [2.75, 3.05) is 12.8 Å². The van der Waals surface area contributed by atoms with Gasteiger partial charge in [0.1, 0.15) is 16.7 Å². The number of hydrogen-bond acceptors (Lipinski definition) is 7. The van der Waals surface area contributed by atoms with Gasteiger partial charge in [0.25, 0.3) is 11.8 Å². The maximum atomic E-state index is 14.2. The second kappa shape index (κ2) is 11.2. The van der Waals surface area contributed by atoms with Crippen molar-refractivity contribution in [2.24, 2.45) is 5.73 Å². The molecule has 39 heavy (non-hydrogen) atoms. The van der Waals surface area contributed by atoms with E-state index in [2.05, 4.69) is 14.7 Å². The number of primary amides is 1. The van der Waals surface area contributed by atoms with Gasteiger partial charge in [0, 0.05) is 35.2 Å². The average Bonchev–Trinajstić information content (AvgIpc) is 3.69. The van der Waals surface area contributed by atoms with Crippen LogP contribution in [0, 0.1) is 0 Å². The van der Waals surface area contributed by atoms with Crippen molar-refractivity contribution in [1.82, 2.24) is 19.6 Å². The molecular formula is C28H30N6O4S. The van der Waals surface area contributed by atoms with E-state index in [-0.39, 0.29) is 34.8 Å². The van der Waals surface area contributed by atoms with Crippen LogP contribution in [0.2, 0.25) is 0 Å². The number of H-pyrrole nitrogens is 1. The van der Waals surface area contributed by atoms with Crippen LogP contribution >= 0.6 is 11.5 Å². The molecule has 2 heterocycles. The van der Waals surface area contributed by atoms with E-state index in [1.165, 1.54) is 4.90 Å². The van der Waals surface area contributed by atoms with Crippen LogP contribution < -0.4 is 21.5 Å². The summed E-state index contributed by atoms with van der Waals surface area (Å²) in [5.41, 5.74) is 13.6. The molecule has 0 spiro atoms. The number of ether oxygens (including phenoxy) is 1. The molecule has 5 rings (SSSR count). The number of aromatic amines is 1. The lowest BCUT2D eigenvalue weighted by Crippen LogP contribution is -2.45. The number of amides is 3. The van der Waals surface area contributed by atoms with Crippen molar-refractivity contribution < 1.29 is 19.1 Å². The fourth-order valence-electron chi connectivity index (χ4n) is 5.09. The summed E-state index contributed by atoms with van der Waals surface area (Å²) in [6, 6.07) is 13.9. The summed E-state index contributed by atoms with van der Waals surface area (Å²) in [7, 11) is 1.58. The third-order valence-corrected chi connectivity index (χ3v) is 7.96. The van der Waals surface area contributed by atoms with Crippen LogP contribution in [0.4, 0.5) is 5.69 Å². The van der Waals surface area contributed by atoms with Gasteiger partial charge < -0.3 is 31.4 Å². The molecule has 1 unspecified atom stereocenters. The van der Waals surface area contributed by atoms with E-state index >= 15 is 0 Å². The number of anilines is 1. The quantitative estimate of drug-likeness (QED) is 0.250. The highest BCUT2D eigenvalue weighted by Gasteiger charge is 2.37. The van der Waals surface area contributed by atoms with E-state index in [0.29, 0.717) is 11.3 Å². The van der Waals surface area contributed by atoms with Gasteiger partial charge in [0.15, 0.2) is 5.69 Å². The molecule has 0 aliphatic heterocycles. The van der Waals surface area contributed by atoms with Gasteiger partial charge in [0.2, 0.25) is 5.91 Å². The first-order chi connectivity index (χ1) is 18.9. The zero-order valence-corrected chi connectivity index (χ0v) is 22.3. The second-order valence-electron chi connectivity index (χ2n) is 9.60. The molecule has 1 aliphatic carbocycles. The van der Waals surface area contributed by atoms with Gasteiger partial charge in [-0.3, -0.25) is 14.4 Å². The van der Waals surface area contributed by atoms with Crippen LogP contribution in [0.5, 0.6) is 5.75 Å². The number of para-hydroxylation sites is 1. The Morgan fingerprint density at radius 3 is 2.54 bits per heavy atom. The maximum Gasteiger partial charge on any atom is 0.270 e. The van der Waals surface area contributed by atoms with Gasteiger partial charge in [-0.2, -0.15) is 4.37 Å². The molecule has 0 saturated heterocycles. The van der Waals surface area contributed by atoms with Crippen LogP contribution in [-0.4, -0.2) is 45.1 Å². The molecule has 11 heteroatoms. The fraction of sp³-hybridized carbons (Fsp3) is 0.286. The predicted molar refractivity (Wildman–Crippen MR) is 149 cm³/mol. The number of fused-ring (bicyclic) bond motifs is 1. The van der Waals surface area contributed by atoms with E-state index in [1.807, 2.05) is 36.4 Å². The minimum atomic E-state index is -0.991. The number of hydrogen-bond donors (Lipinski definition) is 4. The molecule has 10 nitrogen and oxygen atoms in total. The number of benzene rings is 2. The highest BCUT2D eigenvalue weighted by Crippen LogP contribution is 2.34. The Morgan fingerprint density at radius 1 is 1.15 bits per heavy atom. The monoisotopic (exact) mass is 546 g/mol. The first-order valence-electron chi connectivity index (χ1n) is 12.7. The molecule has 4 aromatic rings. The Bertz CT molecular complexity index is 1510. The van der Waals surface area contributed by atoms with Crippen molar-refractivity contribution in [2.45, 2.75) is 44.3 Å². The van der Waals surface area contributed by atoms with E-state index < -0.39 is 17.9 Å². The molecule has 3 amide bonds. The number of aromatic nitrogens is 2. The lowest BCUT2D eigenvalue weighted by molar-refractivity contribution is -0.126. The van der Waals surface area contributed by atoms with E-state index in [1.54, 1.807) is 25.4 Å². The third kappa shape index (κ3) is 5.30. The molecule has 202 valence electrons. The van der Waals surface area contributed by atoms with Gasteiger partial charge in [-0.15, -0.1) is 0 Å². The Kier molecular flexibility index (Phi) is 7.51. The summed E-state index contributed by atoms with van der Waals surface area (Å²) < 4.78 is 9.30. The Morgan fingerprint density at radius 2 is 1.87 bits per heavy atom. The molecule has 1 aliphatic rings. The normalized spacial score (nSPS) is 14.3. The zero-order valence-electron chi connectivity index (χ0n) is 21.5. The van der Waals surface area contributed by atoms with Gasteiger partial charge in [0.05, 0.1) is 12.8 Å². The largest absolute Gasteiger partial charge is 0.497 e. The predicted octanol–water partition coefficient (Wildman–Crippen LogP) is 3.76. The molecule has 0 radical (unpaired) electrons. The zero-order chi connectivity index (χ0) is 27.5. The molecule has 1 fully saturated rings. The van der Waals surface area contributed by atoms with Crippen LogP contribution in [0.25, 0.3) is 10.9 Å². The lowest BCUT2D eigenvalue weighted by atomic mass is 10.0. The lowest BCUT2D eigenvalue weighted by Gasteiger charge is -2.32. The number of nitrogens with zero attached hydrogens (tertiary/aromatic N) is 2. The molecule has 6 N–H and O–H groups in total. The van der Waals surface area contributed by atoms with Crippen molar-refractivity contribution >= 4 is 45.8 Å². The molecule has 2 aromatic carbocycles. The summed E-state index contributed by atoms with van der Waals surface area (Å²) in [6.45, 7) is 0.0916. The molecule has 0 bridgehead atoms. The topological polar surface area (TPSA) is 156 Å². The molecule has 2 aromatic heterocycles. The number of nitrogen functional groups attached to an aromatic ring is 1. The smallest absolute Gasteiger partial charge is 0.270 e. The average molecular weight is 547 g/mol. The standard InChI is InChI=1S/C28H30N6O4S/c1-38-18-12-10-16(11-13-18)15-34(28(37)25-22(29)23(26(30)35)33-39-25)24(27(36)32-17-6-2-3-7-17)20-14-31-21-9-5-4-8-19(20)21/h4-5,8-14,17,24,31H,2-3,6-7,15,29H2,1H3,(H2,30,35)(H,32,36). The van der Waals surface area contributed by atoms with Crippen molar-refractivity contribution in [3.8, 4) is 5.75 Å². The highest BCUT2D eigenvalue weighted by atomic mass is 32.1. The van der Waals surface area contributed by atoms with Crippen LogP contribution in [-0.2, 0) is 11.3 Å². The van der Waals surface area contributed by atoms with Gasteiger partial charge in [-0.1, -0.05) is 43.2 Å². The van der Waals surface area contributed by atoms with Gasteiger partial charge in [-0.25, -0.2) is 0 Å². The highest BCUT2D eigenvalue weighted by molar-refractivity contribution is 7.09. The fourth-order valence-corrected chi connectivity index (χ4v) is 5.85. The number of methoxy groups -OCH3 is 1. The summed E-state index contributed by atoms with van der Waals surface area (Å²) in [4.78, 5) is 44.8. The van der Waals surface area contributed by atoms with Crippen LogP contribution in [0.3, 0.4) is 0 Å². The molecule has 1 saturated carbocycles. The summed E-state index contributed by atoms with van der Waals surface area (Å²) >= 11 is 0.794. The summed E-state index contributed by atoms with van der Waals surface area (Å²) in [5, 5.41) is 4.00. The SMILES string of the molecule is COc1ccc(CN(C(=O)c2snc(C(N)=O)c2N)C(C(=O)NC2CCCC2)c2c[nH]c3ccccc23)cc1. The minimum Gasteiger partial charge on any atom is -0.497 e. The van der Waals surface area contributed by atoms with Gasteiger partial charge in [-0.05, 0) is 48.1 Å². The number of rotatable bonds is 9. The molecule has 1 atom stereocenters. The Balaban J connectivity index is 1.62. The number of carbonyl (C=O) groups excluding carboxylic acids is 3. The number of nitrogens with one attached hydrogen (secondary N) is 2. The van der Waals surface area contributed by atoms with Gasteiger partial charge >= 0.3 is 0 Å². The Labute approximate surface area is 229 Å². The third-order valence-electron chi connectivity index (χ3n) is 7.11. The van der Waals surface area contributed by atoms with Crippen LogP contribution in [0.1, 0.15) is 63.0 Å². The maximum absolute atomic E-state index is 14.2. The van der Waals surface area contributed by atoms with Crippen molar-refractivity contribution in [1.29, 1.82) is 0 Å². The summed E-state index contributed by atoms with van der Waals surface area (Å²) in [6.07, 6.45) is 5.64. The summed E-state index contributed by atoms with van der Waals surface area (Å²) in [5.74, 6) is -0.963. The minimum absolute atomic E-state index is 0.0399. The van der Waals surface area contributed by atoms with Crippen LogP contribution in [0.15, 0.2) is 54.7 Å². The number of nitrogens with two attached hydrogens (primary N) is 2.